The summed E-state index contributed by atoms with van der Waals surface area (Å²) >= 11 is 0. The number of benzene rings is 1. The molecule has 6 heteroatoms. The van der Waals surface area contributed by atoms with Crippen LogP contribution < -0.4 is 15.2 Å². The standard InChI is InChI=1S/C11H11NO5/c1-15-11(14)9(12)10(13)6-2-3-7-8(4-6)17-5-16-7/h2-4,9H,5,12H2,1H3/t9-/m0/s1. The van der Waals surface area contributed by atoms with Crippen LogP contribution in [0.1, 0.15) is 10.4 Å². The third kappa shape index (κ3) is 2.07. The predicted molar refractivity (Wildman–Crippen MR) is 56.9 cm³/mol. The zero-order valence-corrected chi connectivity index (χ0v) is 9.14. The van der Waals surface area contributed by atoms with Crippen LogP contribution in [0, 0.1) is 0 Å². The van der Waals surface area contributed by atoms with Gasteiger partial charge in [0.25, 0.3) is 0 Å². The lowest BCUT2D eigenvalue weighted by molar-refractivity contribution is -0.140. The number of nitrogens with two attached hydrogens (primary N) is 1. The van der Waals surface area contributed by atoms with Gasteiger partial charge in [-0.1, -0.05) is 0 Å². The van der Waals surface area contributed by atoms with Crippen molar-refractivity contribution in [1.29, 1.82) is 0 Å². The molecule has 0 amide bonds. The molecule has 1 heterocycles. The van der Waals surface area contributed by atoms with Crippen LogP contribution in [0.2, 0.25) is 0 Å². The van der Waals surface area contributed by atoms with Crippen LogP contribution >= 0.6 is 0 Å². The van der Waals surface area contributed by atoms with Gasteiger partial charge in [0.05, 0.1) is 7.11 Å². The van der Waals surface area contributed by atoms with E-state index in [1.165, 1.54) is 19.2 Å². The second-order valence-electron chi connectivity index (χ2n) is 3.43. The number of esters is 1. The fourth-order valence-corrected chi connectivity index (χ4v) is 1.46. The van der Waals surface area contributed by atoms with E-state index in [0.717, 1.165) is 0 Å². The number of hydrogen-bond acceptors (Lipinski definition) is 6. The fraction of sp³-hybridized carbons (Fsp3) is 0.273. The minimum Gasteiger partial charge on any atom is -0.468 e. The van der Waals surface area contributed by atoms with Crippen molar-refractivity contribution in [3.05, 3.63) is 23.8 Å². The topological polar surface area (TPSA) is 87.9 Å². The zero-order valence-electron chi connectivity index (χ0n) is 9.14. The smallest absolute Gasteiger partial charge is 0.330 e. The molecule has 0 aliphatic carbocycles. The Labute approximate surface area is 97.3 Å². The highest BCUT2D eigenvalue weighted by Crippen LogP contribution is 2.32. The summed E-state index contributed by atoms with van der Waals surface area (Å²) in [7, 11) is 1.18. The van der Waals surface area contributed by atoms with Crippen molar-refractivity contribution in [2.24, 2.45) is 5.73 Å². The monoisotopic (exact) mass is 237 g/mol. The highest BCUT2D eigenvalue weighted by Gasteiger charge is 2.25. The quantitative estimate of drug-likeness (QED) is 0.455. The lowest BCUT2D eigenvalue weighted by Gasteiger charge is -2.08. The van der Waals surface area contributed by atoms with Gasteiger partial charge >= 0.3 is 5.97 Å². The molecule has 2 N–H and O–H groups in total. The van der Waals surface area contributed by atoms with Crippen molar-refractivity contribution in [2.45, 2.75) is 6.04 Å². The minimum atomic E-state index is -1.32. The molecule has 6 nitrogen and oxygen atoms in total. The molecule has 90 valence electrons. The number of Topliss-reactive ketones (excluding diaryl/α,β-unsaturated/α-hetero) is 1. The Morgan fingerprint density at radius 3 is 2.76 bits per heavy atom. The van der Waals surface area contributed by atoms with Gasteiger partial charge in [0.15, 0.2) is 23.3 Å². The molecule has 0 bridgehead atoms. The van der Waals surface area contributed by atoms with Gasteiger partial charge in [-0.25, -0.2) is 4.79 Å². The molecular formula is C11H11NO5. The molecule has 0 aromatic heterocycles. The van der Waals surface area contributed by atoms with Crippen molar-refractivity contribution in [3.63, 3.8) is 0 Å². The van der Waals surface area contributed by atoms with Gasteiger partial charge in [-0.15, -0.1) is 0 Å². The molecule has 2 rings (SSSR count). The Kier molecular flexibility index (Phi) is 2.97. The fourth-order valence-electron chi connectivity index (χ4n) is 1.46. The van der Waals surface area contributed by atoms with E-state index in [9.17, 15) is 9.59 Å². The summed E-state index contributed by atoms with van der Waals surface area (Å²) in [5, 5.41) is 0. The number of rotatable bonds is 3. The molecule has 0 saturated heterocycles. The van der Waals surface area contributed by atoms with Gasteiger partial charge in [-0.2, -0.15) is 0 Å². The molecule has 0 fully saturated rings. The Morgan fingerprint density at radius 1 is 1.35 bits per heavy atom. The van der Waals surface area contributed by atoms with Crippen LogP contribution in [-0.2, 0) is 9.53 Å². The molecule has 1 atom stereocenters. The molecule has 17 heavy (non-hydrogen) atoms. The number of ether oxygens (including phenoxy) is 3. The van der Waals surface area contributed by atoms with E-state index in [0.29, 0.717) is 11.5 Å². The van der Waals surface area contributed by atoms with Crippen LogP contribution in [0.5, 0.6) is 11.5 Å². The molecule has 1 aromatic carbocycles. The average Bonchev–Trinajstić information content (AvgIpc) is 2.83. The van der Waals surface area contributed by atoms with Gasteiger partial charge in [0.2, 0.25) is 6.79 Å². The van der Waals surface area contributed by atoms with E-state index in [1.807, 2.05) is 0 Å². The van der Waals surface area contributed by atoms with Crippen LogP contribution in [0.15, 0.2) is 18.2 Å². The second-order valence-corrected chi connectivity index (χ2v) is 3.43. The summed E-state index contributed by atoms with van der Waals surface area (Å²) in [5.74, 6) is -0.260. The molecule has 0 unspecified atom stereocenters. The van der Waals surface area contributed by atoms with Gasteiger partial charge in [-0.05, 0) is 18.2 Å². The van der Waals surface area contributed by atoms with Crippen molar-refractivity contribution in [3.8, 4) is 11.5 Å². The molecular weight excluding hydrogens is 226 g/mol. The molecule has 0 radical (unpaired) electrons. The Hall–Kier alpha value is -2.08. The van der Waals surface area contributed by atoms with E-state index < -0.39 is 17.8 Å². The molecule has 0 saturated carbocycles. The first-order valence-corrected chi connectivity index (χ1v) is 4.90. The predicted octanol–water partition coefficient (Wildman–Crippen LogP) is 0.0983. The van der Waals surface area contributed by atoms with Gasteiger partial charge in [0.1, 0.15) is 0 Å². The lowest BCUT2D eigenvalue weighted by Crippen LogP contribution is -2.39. The van der Waals surface area contributed by atoms with Gasteiger partial charge in [-0.3, -0.25) is 4.79 Å². The number of methoxy groups -OCH3 is 1. The summed E-state index contributed by atoms with van der Waals surface area (Å²) < 4.78 is 14.6. The molecule has 1 aliphatic heterocycles. The van der Waals surface area contributed by atoms with E-state index in [4.69, 9.17) is 15.2 Å². The second kappa shape index (κ2) is 4.42. The van der Waals surface area contributed by atoms with Crippen molar-refractivity contribution >= 4 is 11.8 Å². The Bertz CT molecular complexity index is 471. The van der Waals surface area contributed by atoms with Crippen molar-refractivity contribution < 1.29 is 23.8 Å². The van der Waals surface area contributed by atoms with E-state index >= 15 is 0 Å². The average molecular weight is 237 g/mol. The summed E-state index contributed by atoms with van der Waals surface area (Å²) in [4.78, 5) is 23.0. The lowest BCUT2D eigenvalue weighted by atomic mass is 10.0. The number of fused-ring (bicyclic) bond motifs is 1. The highest BCUT2D eigenvalue weighted by molar-refractivity contribution is 6.12. The largest absolute Gasteiger partial charge is 0.468 e. The van der Waals surface area contributed by atoms with E-state index in [1.54, 1.807) is 6.07 Å². The summed E-state index contributed by atoms with van der Waals surface area (Å²) in [6, 6.07) is 3.30. The van der Waals surface area contributed by atoms with Gasteiger partial charge in [0, 0.05) is 5.56 Å². The number of hydrogen-bond donors (Lipinski definition) is 1. The summed E-state index contributed by atoms with van der Waals surface area (Å²) in [6.07, 6.45) is 0. The first kappa shape index (κ1) is 11.4. The third-order valence-electron chi connectivity index (χ3n) is 2.39. The SMILES string of the molecule is COC(=O)[C@@H](N)C(=O)c1ccc2c(c1)OCO2. The number of carbonyl (C=O) groups is 2. The van der Waals surface area contributed by atoms with Crippen LogP contribution in [0.4, 0.5) is 0 Å². The summed E-state index contributed by atoms with van der Waals surface area (Å²) in [6.45, 7) is 0.121. The van der Waals surface area contributed by atoms with Crippen molar-refractivity contribution in [2.75, 3.05) is 13.9 Å². The van der Waals surface area contributed by atoms with Crippen molar-refractivity contribution in [1.82, 2.24) is 0 Å². The van der Waals surface area contributed by atoms with Crippen LogP contribution in [-0.4, -0.2) is 31.7 Å². The first-order valence-electron chi connectivity index (χ1n) is 4.90. The minimum absolute atomic E-state index is 0.121. The van der Waals surface area contributed by atoms with Crippen LogP contribution in [0.25, 0.3) is 0 Å². The maximum absolute atomic E-state index is 11.8. The number of carbonyl (C=O) groups excluding carboxylic acids is 2. The maximum Gasteiger partial charge on any atom is 0.330 e. The zero-order chi connectivity index (χ0) is 12.4. The van der Waals surface area contributed by atoms with Gasteiger partial charge < -0.3 is 19.9 Å². The Morgan fingerprint density at radius 2 is 2.06 bits per heavy atom. The summed E-state index contributed by atoms with van der Waals surface area (Å²) in [5.41, 5.74) is 5.74. The normalized spacial score (nSPS) is 14.2. The Balaban J connectivity index is 2.23. The maximum atomic E-state index is 11.8. The highest BCUT2D eigenvalue weighted by atomic mass is 16.7. The number of ketones is 1. The third-order valence-corrected chi connectivity index (χ3v) is 2.39. The van der Waals surface area contributed by atoms with E-state index in [2.05, 4.69) is 4.74 Å². The van der Waals surface area contributed by atoms with Crippen LogP contribution in [0.3, 0.4) is 0 Å². The molecule has 0 spiro atoms. The molecule has 1 aliphatic rings. The first-order chi connectivity index (χ1) is 8.13. The molecule has 1 aromatic rings. The van der Waals surface area contributed by atoms with E-state index in [-0.39, 0.29) is 12.4 Å².